The van der Waals surface area contributed by atoms with Gasteiger partial charge in [-0.1, -0.05) is 20.8 Å². The molecule has 0 spiro atoms. The van der Waals surface area contributed by atoms with Gasteiger partial charge in [-0.25, -0.2) is 0 Å². The molecular weight excluding hydrogens is 164 g/mol. The van der Waals surface area contributed by atoms with Crippen LogP contribution in [0.1, 0.15) is 38.4 Å². The summed E-state index contributed by atoms with van der Waals surface area (Å²) in [6.07, 6.45) is 3.57. The first kappa shape index (κ1) is 10.3. The molecule has 1 aromatic rings. The SMILES string of the molecule is CC(C)(C)c1[nH]ncc1CCCO. The fourth-order valence-corrected chi connectivity index (χ4v) is 1.42. The largest absolute Gasteiger partial charge is 0.396 e. The average molecular weight is 182 g/mol. The van der Waals surface area contributed by atoms with Crippen LogP contribution >= 0.6 is 0 Å². The van der Waals surface area contributed by atoms with Crippen molar-refractivity contribution in [1.29, 1.82) is 0 Å². The summed E-state index contributed by atoms with van der Waals surface area (Å²) in [5.74, 6) is 0. The molecule has 0 bridgehead atoms. The highest BCUT2D eigenvalue weighted by atomic mass is 16.2. The zero-order valence-corrected chi connectivity index (χ0v) is 8.59. The highest BCUT2D eigenvalue weighted by molar-refractivity contribution is 5.23. The number of aliphatic hydroxyl groups is 1. The Balaban J connectivity index is 2.77. The van der Waals surface area contributed by atoms with E-state index in [0.29, 0.717) is 0 Å². The molecule has 0 saturated heterocycles. The van der Waals surface area contributed by atoms with Gasteiger partial charge >= 0.3 is 0 Å². The number of aromatic nitrogens is 2. The Morgan fingerprint density at radius 1 is 1.46 bits per heavy atom. The standard InChI is InChI=1S/C10H18N2O/c1-10(2,3)9-8(5-4-6-13)7-11-12-9/h7,13H,4-6H2,1-3H3,(H,11,12). The van der Waals surface area contributed by atoms with E-state index in [2.05, 4.69) is 31.0 Å². The number of H-pyrrole nitrogens is 1. The molecule has 1 heterocycles. The van der Waals surface area contributed by atoms with Crippen molar-refractivity contribution >= 4 is 0 Å². The topological polar surface area (TPSA) is 48.9 Å². The van der Waals surface area contributed by atoms with Crippen LogP contribution in [0.3, 0.4) is 0 Å². The monoisotopic (exact) mass is 182 g/mol. The van der Waals surface area contributed by atoms with Crippen molar-refractivity contribution in [3.8, 4) is 0 Å². The Morgan fingerprint density at radius 2 is 2.15 bits per heavy atom. The molecule has 1 aromatic heterocycles. The summed E-state index contributed by atoms with van der Waals surface area (Å²) in [5, 5.41) is 15.8. The van der Waals surface area contributed by atoms with Gasteiger partial charge in [0.1, 0.15) is 0 Å². The molecule has 0 aromatic carbocycles. The number of hydrogen-bond donors (Lipinski definition) is 2. The van der Waals surface area contributed by atoms with Gasteiger partial charge in [0.25, 0.3) is 0 Å². The molecule has 2 N–H and O–H groups in total. The Bertz CT molecular complexity index is 260. The van der Waals surface area contributed by atoms with E-state index in [0.717, 1.165) is 12.8 Å². The zero-order valence-electron chi connectivity index (χ0n) is 8.59. The van der Waals surface area contributed by atoms with Crippen molar-refractivity contribution in [2.45, 2.75) is 39.0 Å². The van der Waals surface area contributed by atoms with Gasteiger partial charge in [-0.3, -0.25) is 5.10 Å². The molecule has 1 rings (SSSR count). The van der Waals surface area contributed by atoms with Crippen LogP contribution in [0.15, 0.2) is 6.20 Å². The van der Waals surface area contributed by atoms with E-state index < -0.39 is 0 Å². The highest BCUT2D eigenvalue weighted by Crippen LogP contribution is 2.23. The van der Waals surface area contributed by atoms with Gasteiger partial charge in [0.15, 0.2) is 0 Å². The Kier molecular flexibility index (Phi) is 3.09. The Morgan fingerprint density at radius 3 is 2.69 bits per heavy atom. The van der Waals surface area contributed by atoms with Gasteiger partial charge < -0.3 is 5.11 Å². The minimum Gasteiger partial charge on any atom is -0.396 e. The molecule has 0 amide bonds. The van der Waals surface area contributed by atoms with Gasteiger partial charge in [-0.05, 0) is 18.4 Å². The molecule has 0 saturated carbocycles. The summed E-state index contributed by atoms with van der Waals surface area (Å²) in [4.78, 5) is 0. The maximum Gasteiger partial charge on any atom is 0.0522 e. The van der Waals surface area contributed by atoms with Crippen molar-refractivity contribution in [2.75, 3.05) is 6.61 Å². The molecule has 0 fully saturated rings. The number of hydrogen-bond acceptors (Lipinski definition) is 2. The van der Waals surface area contributed by atoms with E-state index in [1.165, 1.54) is 11.3 Å². The molecule has 0 radical (unpaired) electrons. The van der Waals surface area contributed by atoms with Gasteiger partial charge in [-0.15, -0.1) is 0 Å². The predicted molar refractivity (Wildman–Crippen MR) is 52.7 cm³/mol. The van der Waals surface area contributed by atoms with Crippen LogP contribution in [0.2, 0.25) is 0 Å². The quantitative estimate of drug-likeness (QED) is 0.746. The van der Waals surface area contributed by atoms with Gasteiger partial charge in [0, 0.05) is 17.7 Å². The summed E-state index contributed by atoms with van der Waals surface area (Å²) < 4.78 is 0. The number of aryl methyl sites for hydroxylation is 1. The normalized spacial score (nSPS) is 12.0. The van der Waals surface area contributed by atoms with Gasteiger partial charge in [0.05, 0.1) is 6.20 Å². The Hall–Kier alpha value is -0.830. The number of aliphatic hydroxyl groups excluding tert-OH is 1. The summed E-state index contributed by atoms with van der Waals surface area (Å²) in [5.41, 5.74) is 2.52. The van der Waals surface area contributed by atoms with E-state index in [4.69, 9.17) is 5.11 Å². The summed E-state index contributed by atoms with van der Waals surface area (Å²) in [6.45, 7) is 6.71. The molecule has 13 heavy (non-hydrogen) atoms. The van der Waals surface area contributed by atoms with Crippen LogP contribution in [0, 0.1) is 0 Å². The van der Waals surface area contributed by atoms with Crippen LogP contribution in [0.25, 0.3) is 0 Å². The maximum absolute atomic E-state index is 8.73. The van der Waals surface area contributed by atoms with E-state index in [-0.39, 0.29) is 12.0 Å². The fraction of sp³-hybridized carbons (Fsp3) is 0.700. The minimum absolute atomic E-state index is 0.112. The lowest BCUT2D eigenvalue weighted by Crippen LogP contribution is -2.14. The van der Waals surface area contributed by atoms with Crippen LogP contribution in [0.4, 0.5) is 0 Å². The lowest BCUT2D eigenvalue weighted by atomic mass is 9.88. The van der Waals surface area contributed by atoms with Crippen molar-refractivity contribution in [3.63, 3.8) is 0 Å². The first-order valence-electron chi connectivity index (χ1n) is 4.69. The van der Waals surface area contributed by atoms with Crippen LogP contribution in [-0.4, -0.2) is 21.9 Å². The molecule has 0 aliphatic carbocycles. The van der Waals surface area contributed by atoms with Crippen molar-refractivity contribution in [1.82, 2.24) is 10.2 Å². The second-order valence-electron chi connectivity index (χ2n) is 4.35. The average Bonchev–Trinajstić information content (AvgIpc) is 2.47. The van der Waals surface area contributed by atoms with E-state index in [1.54, 1.807) is 0 Å². The number of nitrogens with one attached hydrogen (secondary N) is 1. The highest BCUT2D eigenvalue weighted by Gasteiger charge is 2.19. The van der Waals surface area contributed by atoms with Crippen LogP contribution < -0.4 is 0 Å². The van der Waals surface area contributed by atoms with Crippen LogP contribution in [-0.2, 0) is 11.8 Å². The third-order valence-corrected chi connectivity index (χ3v) is 2.07. The second-order valence-corrected chi connectivity index (χ2v) is 4.35. The molecule has 0 aliphatic rings. The third-order valence-electron chi connectivity index (χ3n) is 2.07. The van der Waals surface area contributed by atoms with Gasteiger partial charge in [-0.2, -0.15) is 5.10 Å². The second kappa shape index (κ2) is 3.92. The maximum atomic E-state index is 8.73. The molecule has 3 heteroatoms. The van der Waals surface area contributed by atoms with Crippen molar-refractivity contribution in [3.05, 3.63) is 17.5 Å². The molecule has 0 unspecified atom stereocenters. The molecule has 0 aliphatic heterocycles. The molecule has 74 valence electrons. The van der Waals surface area contributed by atoms with Crippen molar-refractivity contribution < 1.29 is 5.11 Å². The lowest BCUT2D eigenvalue weighted by molar-refractivity contribution is 0.288. The lowest BCUT2D eigenvalue weighted by Gasteiger charge is -2.18. The Labute approximate surface area is 79.2 Å². The van der Waals surface area contributed by atoms with Crippen LogP contribution in [0.5, 0.6) is 0 Å². The summed E-state index contributed by atoms with van der Waals surface area (Å²) >= 11 is 0. The number of aromatic amines is 1. The number of rotatable bonds is 3. The van der Waals surface area contributed by atoms with Crippen molar-refractivity contribution in [2.24, 2.45) is 0 Å². The first-order valence-corrected chi connectivity index (χ1v) is 4.69. The smallest absolute Gasteiger partial charge is 0.0522 e. The summed E-state index contributed by atoms with van der Waals surface area (Å²) in [6, 6.07) is 0. The fourth-order valence-electron chi connectivity index (χ4n) is 1.42. The van der Waals surface area contributed by atoms with E-state index in [1.807, 2.05) is 6.20 Å². The van der Waals surface area contributed by atoms with E-state index >= 15 is 0 Å². The zero-order chi connectivity index (χ0) is 9.90. The molecule has 0 atom stereocenters. The predicted octanol–water partition coefficient (Wildman–Crippen LogP) is 1.63. The summed E-state index contributed by atoms with van der Waals surface area (Å²) in [7, 11) is 0. The van der Waals surface area contributed by atoms with E-state index in [9.17, 15) is 0 Å². The van der Waals surface area contributed by atoms with Gasteiger partial charge in [0.2, 0.25) is 0 Å². The first-order chi connectivity index (χ1) is 6.05. The molecular formula is C10H18N2O. The third kappa shape index (κ3) is 2.56. The number of nitrogens with zero attached hydrogens (tertiary/aromatic N) is 1. The minimum atomic E-state index is 0.112. The molecule has 3 nitrogen and oxygen atoms in total.